The molecule has 0 aliphatic heterocycles. The van der Waals surface area contributed by atoms with E-state index in [0.29, 0.717) is 11.3 Å². The van der Waals surface area contributed by atoms with Gasteiger partial charge in [0, 0.05) is 6.20 Å². The average Bonchev–Trinajstić information content (AvgIpc) is 2.23. The number of nitrogens with zero attached hydrogens (tertiary/aromatic N) is 1. The number of hydrogen-bond donors (Lipinski definition) is 0. The molecule has 2 aromatic rings. The number of halogens is 2. The lowest BCUT2D eigenvalue weighted by Gasteiger charge is -2.08. The smallest absolute Gasteiger partial charge is 0.0765 e. The summed E-state index contributed by atoms with van der Waals surface area (Å²) in [5.41, 5.74) is 1.02. The van der Waals surface area contributed by atoms with Crippen molar-refractivity contribution in [1.29, 1.82) is 0 Å². The van der Waals surface area contributed by atoms with Gasteiger partial charge in [0.15, 0.2) is 0 Å². The quantitative estimate of drug-likeness (QED) is 0.630. The standard InChI is InChI=1S/C11H6F2N/c12-9-5-4-8(7-10(9)13)11-3-1-2-6-14-11/h1-3,5-7H/q-1. The molecule has 0 aliphatic carbocycles. The third-order valence-electron chi connectivity index (χ3n) is 1.79. The van der Waals surface area contributed by atoms with Gasteiger partial charge in [0.05, 0.1) is 11.6 Å². The van der Waals surface area contributed by atoms with Crippen molar-refractivity contribution in [2.75, 3.05) is 0 Å². The van der Waals surface area contributed by atoms with Gasteiger partial charge in [-0.2, -0.15) is 0 Å². The first kappa shape index (κ1) is 8.81. The van der Waals surface area contributed by atoms with Crippen molar-refractivity contribution in [1.82, 2.24) is 4.98 Å². The van der Waals surface area contributed by atoms with Crippen molar-refractivity contribution in [3.05, 3.63) is 54.2 Å². The van der Waals surface area contributed by atoms with Crippen molar-refractivity contribution in [3.8, 4) is 11.3 Å². The Morgan fingerprint density at radius 1 is 1.14 bits per heavy atom. The van der Waals surface area contributed by atoms with Crippen LogP contribution < -0.4 is 0 Å². The monoisotopic (exact) mass is 190 g/mol. The predicted molar refractivity (Wildman–Crippen MR) is 48.4 cm³/mol. The Balaban J connectivity index is 2.48. The first-order chi connectivity index (χ1) is 6.77. The fraction of sp³-hybridized carbons (Fsp3) is 0. The molecule has 1 heterocycles. The molecular formula is C11H6F2N-. The second-order valence-corrected chi connectivity index (χ2v) is 2.76. The number of hydrogen-bond acceptors (Lipinski definition) is 1. The molecule has 0 saturated heterocycles. The summed E-state index contributed by atoms with van der Waals surface area (Å²) in [5, 5.41) is 0. The molecule has 0 radical (unpaired) electrons. The topological polar surface area (TPSA) is 12.9 Å². The van der Waals surface area contributed by atoms with E-state index >= 15 is 0 Å². The Hall–Kier alpha value is -1.77. The molecule has 0 amide bonds. The van der Waals surface area contributed by atoms with Gasteiger partial charge < -0.3 is 4.98 Å². The number of aromatic nitrogens is 1. The van der Waals surface area contributed by atoms with Crippen molar-refractivity contribution < 1.29 is 8.78 Å². The van der Waals surface area contributed by atoms with Crippen molar-refractivity contribution in [2.24, 2.45) is 0 Å². The molecular weight excluding hydrogens is 184 g/mol. The maximum atomic E-state index is 12.8. The van der Waals surface area contributed by atoms with Gasteiger partial charge in [0.1, 0.15) is 0 Å². The van der Waals surface area contributed by atoms with E-state index in [2.05, 4.69) is 11.1 Å². The van der Waals surface area contributed by atoms with Crippen LogP contribution in [0, 0.1) is 17.7 Å². The first-order valence-corrected chi connectivity index (χ1v) is 4.05. The highest BCUT2D eigenvalue weighted by molar-refractivity contribution is 5.57. The minimum Gasteiger partial charge on any atom is -0.305 e. The highest BCUT2D eigenvalue weighted by Gasteiger charge is 1.95. The Labute approximate surface area is 80.0 Å². The van der Waals surface area contributed by atoms with Crippen LogP contribution in [0.5, 0.6) is 0 Å². The molecule has 0 fully saturated rings. The summed E-state index contributed by atoms with van der Waals surface area (Å²) in [4.78, 5) is 4.00. The summed E-state index contributed by atoms with van der Waals surface area (Å²) in [7, 11) is 0. The summed E-state index contributed by atoms with van der Waals surface area (Å²) >= 11 is 0. The molecule has 1 aromatic heterocycles. The van der Waals surface area contributed by atoms with Crippen LogP contribution >= 0.6 is 0 Å². The molecule has 14 heavy (non-hydrogen) atoms. The largest absolute Gasteiger partial charge is 0.305 e. The van der Waals surface area contributed by atoms with E-state index in [1.165, 1.54) is 0 Å². The van der Waals surface area contributed by atoms with E-state index in [0.717, 1.165) is 12.1 Å². The molecule has 0 spiro atoms. The SMILES string of the molecule is Fc1c[c-]c(-c2ccccn2)cc1F. The maximum absolute atomic E-state index is 12.8. The van der Waals surface area contributed by atoms with Crippen LogP contribution in [-0.4, -0.2) is 4.98 Å². The highest BCUT2D eigenvalue weighted by Crippen LogP contribution is 2.17. The second-order valence-electron chi connectivity index (χ2n) is 2.76. The average molecular weight is 190 g/mol. The van der Waals surface area contributed by atoms with E-state index in [1.807, 2.05) is 0 Å². The fourth-order valence-corrected chi connectivity index (χ4v) is 1.12. The first-order valence-electron chi connectivity index (χ1n) is 4.05. The molecule has 0 bridgehead atoms. The molecule has 0 aliphatic rings. The molecule has 1 aromatic carbocycles. The Kier molecular flexibility index (Phi) is 2.23. The lowest BCUT2D eigenvalue weighted by atomic mass is 10.1. The number of rotatable bonds is 1. The summed E-state index contributed by atoms with van der Waals surface area (Å²) in [6, 6.07) is 9.91. The van der Waals surface area contributed by atoms with Crippen molar-refractivity contribution >= 4 is 0 Å². The molecule has 0 unspecified atom stereocenters. The van der Waals surface area contributed by atoms with Gasteiger partial charge in [0.25, 0.3) is 0 Å². The van der Waals surface area contributed by atoms with Crippen molar-refractivity contribution in [2.45, 2.75) is 0 Å². The van der Waals surface area contributed by atoms with E-state index in [1.54, 1.807) is 24.4 Å². The molecule has 70 valence electrons. The number of pyridine rings is 1. The predicted octanol–water partition coefficient (Wildman–Crippen LogP) is 2.83. The molecule has 2 rings (SSSR count). The summed E-state index contributed by atoms with van der Waals surface area (Å²) in [6.07, 6.45) is 1.59. The van der Waals surface area contributed by atoms with Crippen LogP contribution in [0.1, 0.15) is 0 Å². The Bertz CT molecular complexity index is 440. The normalized spacial score (nSPS) is 10.1. The summed E-state index contributed by atoms with van der Waals surface area (Å²) in [6.45, 7) is 0. The van der Waals surface area contributed by atoms with Gasteiger partial charge in [-0.1, -0.05) is 12.1 Å². The van der Waals surface area contributed by atoms with Crippen molar-refractivity contribution in [3.63, 3.8) is 0 Å². The number of benzene rings is 1. The van der Waals surface area contributed by atoms with Gasteiger partial charge in [-0.05, 0) is 11.8 Å². The van der Waals surface area contributed by atoms with Gasteiger partial charge in [-0.3, -0.25) is 4.39 Å². The van der Waals surface area contributed by atoms with Crippen LogP contribution in [0.3, 0.4) is 0 Å². The highest BCUT2D eigenvalue weighted by atomic mass is 19.2. The van der Waals surface area contributed by atoms with Crippen LogP contribution in [-0.2, 0) is 0 Å². The summed E-state index contributed by atoms with van der Waals surface area (Å²) in [5.74, 6) is -1.78. The molecule has 0 atom stereocenters. The van der Waals surface area contributed by atoms with Crippen LogP contribution in [0.2, 0.25) is 0 Å². The zero-order valence-electron chi connectivity index (χ0n) is 7.17. The minimum absolute atomic E-state index is 0.449. The van der Waals surface area contributed by atoms with Crippen LogP contribution in [0.25, 0.3) is 11.3 Å². The Morgan fingerprint density at radius 2 is 2.00 bits per heavy atom. The van der Waals surface area contributed by atoms with E-state index in [4.69, 9.17) is 0 Å². The molecule has 1 nitrogen and oxygen atoms in total. The molecule has 0 N–H and O–H groups in total. The Morgan fingerprint density at radius 3 is 2.64 bits per heavy atom. The fourth-order valence-electron chi connectivity index (χ4n) is 1.12. The van der Waals surface area contributed by atoms with Gasteiger partial charge in [0.2, 0.25) is 0 Å². The third-order valence-corrected chi connectivity index (χ3v) is 1.79. The minimum atomic E-state index is -0.898. The zero-order chi connectivity index (χ0) is 9.97. The van der Waals surface area contributed by atoms with Gasteiger partial charge in [-0.15, -0.1) is 23.8 Å². The van der Waals surface area contributed by atoms with Crippen LogP contribution in [0.15, 0.2) is 36.5 Å². The molecule has 3 heteroatoms. The lowest BCUT2D eigenvalue weighted by molar-refractivity contribution is 0.509. The van der Waals surface area contributed by atoms with Gasteiger partial charge >= 0.3 is 0 Å². The third kappa shape index (κ3) is 1.62. The van der Waals surface area contributed by atoms with E-state index < -0.39 is 11.6 Å². The van der Waals surface area contributed by atoms with E-state index in [9.17, 15) is 8.78 Å². The van der Waals surface area contributed by atoms with Crippen LogP contribution in [0.4, 0.5) is 8.78 Å². The second kappa shape index (κ2) is 3.54. The lowest BCUT2D eigenvalue weighted by Crippen LogP contribution is -1.87. The summed E-state index contributed by atoms with van der Waals surface area (Å²) < 4.78 is 25.4. The molecule has 0 saturated carbocycles. The van der Waals surface area contributed by atoms with Gasteiger partial charge in [-0.25, -0.2) is 4.39 Å². The zero-order valence-corrected chi connectivity index (χ0v) is 7.17. The van der Waals surface area contributed by atoms with E-state index in [-0.39, 0.29) is 0 Å². The maximum Gasteiger partial charge on any atom is 0.0765 e.